The molecule has 34 heavy (non-hydrogen) atoms. The molecule has 2 N–H and O–H groups in total. The fourth-order valence-corrected chi connectivity index (χ4v) is 5.09. The maximum atomic E-state index is 14.7. The molecule has 2 amide bonds. The van der Waals surface area contributed by atoms with Crippen LogP contribution in [0.25, 0.3) is 10.8 Å². The van der Waals surface area contributed by atoms with Gasteiger partial charge in [-0.25, -0.2) is 4.39 Å². The predicted octanol–water partition coefficient (Wildman–Crippen LogP) is 5.38. The summed E-state index contributed by atoms with van der Waals surface area (Å²) in [7, 11) is 0. The largest absolute Gasteiger partial charge is 0.368 e. The lowest BCUT2D eigenvalue weighted by atomic mass is 9.97. The van der Waals surface area contributed by atoms with E-state index < -0.39 is 29.7 Å². The Labute approximate surface area is 201 Å². The molecule has 3 aromatic carbocycles. The minimum Gasteiger partial charge on any atom is -0.368 e. The molecule has 0 fully saturated rings. The molecule has 0 bridgehead atoms. The molecule has 4 aromatic rings. The van der Waals surface area contributed by atoms with Gasteiger partial charge in [0, 0.05) is 22.8 Å². The van der Waals surface area contributed by atoms with Crippen LogP contribution in [0.1, 0.15) is 45.6 Å². The third-order valence-electron chi connectivity index (χ3n) is 6.35. The van der Waals surface area contributed by atoms with Gasteiger partial charge in [-0.1, -0.05) is 66.2 Å². The second kappa shape index (κ2) is 8.88. The van der Waals surface area contributed by atoms with Crippen LogP contribution in [-0.4, -0.2) is 21.7 Å². The quantitative estimate of drug-likeness (QED) is 0.422. The van der Waals surface area contributed by atoms with E-state index in [2.05, 4.69) is 4.98 Å². The zero-order chi connectivity index (χ0) is 23.8. The molecule has 170 valence electrons. The van der Waals surface area contributed by atoms with Crippen LogP contribution in [-0.2, 0) is 11.2 Å². The summed E-state index contributed by atoms with van der Waals surface area (Å²) in [5, 5.41) is 1.74. The number of carbonyl (C=O) groups is 2. The van der Waals surface area contributed by atoms with Crippen LogP contribution < -0.4 is 5.73 Å². The molecule has 0 saturated carbocycles. The van der Waals surface area contributed by atoms with Crippen molar-refractivity contribution in [3.05, 3.63) is 112 Å². The smallest absolute Gasteiger partial charge is 0.257 e. The Morgan fingerprint density at radius 1 is 1.06 bits per heavy atom. The molecule has 5 nitrogen and oxygen atoms in total. The molecule has 0 radical (unpaired) electrons. The Kier molecular flexibility index (Phi) is 5.75. The van der Waals surface area contributed by atoms with Crippen molar-refractivity contribution >= 4 is 34.2 Å². The number of nitrogens with zero attached hydrogens (tertiary/aromatic N) is 2. The van der Waals surface area contributed by atoms with Gasteiger partial charge in [-0.05, 0) is 47.1 Å². The summed E-state index contributed by atoms with van der Waals surface area (Å²) in [4.78, 5) is 32.8. The van der Waals surface area contributed by atoms with Gasteiger partial charge in [-0.3, -0.25) is 14.6 Å². The van der Waals surface area contributed by atoms with E-state index in [1.165, 1.54) is 17.2 Å². The van der Waals surface area contributed by atoms with E-state index in [-0.39, 0.29) is 5.02 Å². The van der Waals surface area contributed by atoms with Crippen LogP contribution in [0, 0.1) is 5.82 Å². The molecule has 5 rings (SSSR count). The van der Waals surface area contributed by atoms with E-state index in [4.69, 9.17) is 17.3 Å². The van der Waals surface area contributed by atoms with E-state index in [9.17, 15) is 14.0 Å². The van der Waals surface area contributed by atoms with Crippen LogP contribution in [0.15, 0.2) is 79.1 Å². The summed E-state index contributed by atoms with van der Waals surface area (Å²) in [5.74, 6) is -1.50. The standard InChI is InChI=1S/C27H21ClFN3O2/c28-18-12-21-20(23(29)13-18)10-11-24(21)32(25(26(30)33)16-6-2-1-3-7-16)27(34)22-15-31-14-17-8-4-5-9-19(17)22/h1-9,12-15,24-25H,10-11H2,(H2,30,33)/t24-,25?/m1/s1. The van der Waals surface area contributed by atoms with Crippen molar-refractivity contribution in [3.8, 4) is 0 Å². The van der Waals surface area contributed by atoms with Crippen LogP contribution in [0.3, 0.4) is 0 Å². The monoisotopic (exact) mass is 473 g/mol. The molecule has 1 aromatic heterocycles. The van der Waals surface area contributed by atoms with Gasteiger partial charge in [0.1, 0.15) is 11.9 Å². The van der Waals surface area contributed by atoms with E-state index in [0.29, 0.717) is 40.5 Å². The first-order valence-electron chi connectivity index (χ1n) is 10.9. The first-order chi connectivity index (χ1) is 16.5. The zero-order valence-electron chi connectivity index (χ0n) is 18.1. The molecule has 0 saturated heterocycles. The number of hydrogen-bond acceptors (Lipinski definition) is 3. The number of benzene rings is 3. The summed E-state index contributed by atoms with van der Waals surface area (Å²) in [6.07, 6.45) is 4.03. The summed E-state index contributed by atoms with van der Waals surface area (Å²) >= 11 is 6.19. The zero-order valence-corrected chi connectivity index (χ0v) is 18.9. The fourth-order valence-electron chi connectivity index (χ4n) is 4.87. The summed E-state index contributed by atoms with van der Waals surface area (Å²) in [6, 6.07) is 17.6. The molecule has 0 aliphatic heterocycles. The average Bonchev–Trinajstić information content (AvgIpc) is 3.25. The first-order valence-corrected chi connectivity index (χ1v) is 11.3. The SMILES string of the molecule is NC(=O)C(c1ccccc1)N(C(=O)c1cncc2ccccc12)[C@@H]1CCc2c(F)cc(Cl)cc21. The molecule has 1 aliphatic rings. The summed E-state index contributed by atoms with van der Waals surface area (Å²) < 4.78 is 14.7. The molecule has 1 heterocycles. The van der Waals surface area contributed by atoms with E-state index in [0.717, 1.165) is 5.39 Å². The average molecular weight is 474 g/mol. The number of pyridine rings is 1. The highest BCUT2D eigenvalue weighted by Gasteiger charge is 2.40. The van der Waals surface area contributed by atoms with Crippen molar-refractivity contribution in [2.45, 2.75) is 24.9 Å². The Hall–Kier alpha value is -3.77. The third kappa shape index (κ3) is 3.80. The molecular weight excluding hydrogens is 453 g/mol. The topological polar surface area (TPSA) is 76.3 Å². The highest BCUT2D eigenvalue weighted by Crippen LogP contribution is 2.43. The number of hydrogen-bond donors (Lipinski definition) is 1. The maximum Gasteiger partial charge on any atom is 0.257 e. The summed E-state index contributed by atoms with van der Waals surface area (Å²) in [6.45, 7) is 0. The molecule has 1 aliphatic carbocycles. The number of aromatic nitrogens is 1. The van der Waals surface area contributed by atoms with Gasteiger partial charge in [-0.2, -0.15) is 0 Å². The lowest BCUT2D eigenvalue weighted by Crippen LogP contribution is -2.43. The van der Waals surface area contributed by atoms with Crippen LogP contribution in [0.5, 0.6) is 0 Å². The number of halogens is 2. The first kappa shape index (κ1) is 22.0. The molecule has 0 spiro atoms. The number of fused-ring (bicyclic) bond motifs is 2. The number of carbonyl (C=O) groups excluding carboxylic acids is 2. The van der Waals surface area contributed by atoms with Crippen molar-refractivity contribution in [1.29, 1.82) is 0 Å². The molecule has 1 unspecified atom stereocenters. The van der Waals surface area contributed by atoms with Gasteiger partial charge in [0.25, 0.3) is 5.91 Å². The van der Waals surface area contributed by atoms with Gasteiger partial charge in [0.2, 0.25) is 5.91 Å². The second-order valence-corrected chi connectivity index (χ2v) is 8.78. The van der Waals surface area contributed by atoms with Gasteiger partial charge in [-0.15, -0.1) is 0 Å². The van der Waals surface area contributed by atoms with Crippen LogP contribution in [0.2, 0.25) is 5.02 Å². The highest BCUT2D eigenvalue weighted by atomic mass is 35.5. The second-order valence-electron chi connectivity index (χ2n) is 8.35. The minimum absolute atomic E-state index is 0.234. The lowest BCUT2D eigenvalue weighted by molar-refractivity contribution is -0.123. The van der Waals surface area contributed by atoms with Crippen LogP contribution in [0.4, 0.5) is 4.39 Å². The predicted molar refractivity (Wildman–Crippen MR) is 129 cm³/mol. The van der Waals surface area contributed by atoms with Gasteiger partial charge >= 0.3 is 0 Å². The number of rotatable bonds is 5. The van der Waals surface area contributed by atoms with Gasteiger partial charge in [0.15, 0.2) is 0 Å². The lowest BCUT2D eigenvalue weighted by Gasteiger charge is -2.36. The Morgan fingerprint density at radius 3 is 2.56 bits per heavy atom. The summed E-state index contributed by atoms with van der Waals surface area (Å²) in [5.41, 5.74) is 7.91. The minimum atomic E-state index is -1.06. The number of amides is 2. The third-order valence-corrected chi connectivity index (χ3v) is 6.57. The van der Waals surface area contributed by atoms with Crippen molar-refractivity contribution in [2.75, 3.05) is 0 Å². The van der Waals surface area contributed by atoms with E-state index in [1.807, 2.05) is 30.3 Å². The van der Waals surface area contributed by atoms with Gasteiger partial charge in [0.05, 0.1) is 11.6 Å². The fraction of sp³-hybridized carbons (Fsp3) is 0.148. The van der Waals surface area contributed by atoms with Gasteiger partial charge < -0.3 is 10.6 Å². The Morgan fingerprint density at radius 2 is 1.79 bits per heavy atom. The highest BCUT2D eigenvalue weighted by molar-refractivity contribution is 6.30. The van der Waals surface area contributed by atoms with Crippen molar-refractivity contribution in [3.63, 3.8) is 0 Å². The van der Waals surface area contributed by atoms with Crippen molar-refractivity contribution in [1.82, 2.24) is 9.88 Å². The maximum absolute atomic E-state index is 14.7. The van der Waals surface area contributed by atoms with Crippen molar-refractivity contribution < 1.29 is 14.0 Å². The molecular formula is C27H21ClFN3O2. The van der Waals surface area contributed by atoms with Crippen molar-refractivity contribution in [2.24, 2.45) is 5.73 Å². The van der Waals surface area contributed by atoms with E-state index in [1.54, 1.807) is 36.5 Å². The molecule has 2 atom stereocenters. The van der Waals surface area contributed by atoms with Crippen LogP contribution >= 0.6 is 11.6 Å². The molecule has 7 heteroatoms. The number of primary amides is 1. The normalized spacial score (nSPS) is 15.6. The Balaban J connectivity index is 1.72. The number of nitrogens with two attached hydrogens (primary N) is 1. The Bertz CT molecular complexity index is 1400. The van der Waals surface area contributed by atoms with E-state index >= 15 is 0 Å².